The van der Waals surface area contributed by atoms with Gasteiger partial charge in [0.25, 0.3) is 0 Å². The molecule has 1 aromatic carbocycles. The summed E-state index contributed by atoms with van der Waals surface area (Å²) in [5.74, 6) is 0. The normalized spacial score (nSPS) is 12.4. The minimum absolute atomic E-state index is 0. The van der Waals surface area contributed by atoms with Crippen LogP contribution in [0.1, 0.15) is 6.92 Å². The van der Waals surface area contributed by atoms with Gasteiger partial charge in [-0.2, -0.15) is 13.1 Å². The molecule has 1 atom stereocenters. The van der Waals surface area contributed by atoms with Crippen LogP contribution in [0.15, 0.2) is 30.3 Å². The van der Waals surface area contributed by atoms with Crippen LogP contribution in [0.3, 0.4) is 0 Å². The molecule has 0 aliphatic carbocycles. The van der Waals surface area contributed by atoms with Crippen LogP contribution < -0.4 is 10.0 Å². The number of hydrogen-bond acceptors (Lipinski definition) is 5. The van der Waals surface area contributed by atoms with Crippen LogP contribution in [0.4, 0.5) is 5.69 Å². The van der Waals surface area contributed by atoms with Gasteiger partial charge >= 0.3 is 10.4 Å². The molecule has 0 aromatic heterocycles. The molecule has 20 heavy (non-hydrogen) atoms. The van der Waals surface area contributed by atoms with Crippen LogP contribution in [0.5, 0.6) is 0 Å². The molecule has 6 N–H and O–H groups in total. The molecule has 11 heteroatoms. The molecule has 9 nitrogen and oxygen atoms in total. The molecule has 0 amide bonds. The van der Waals surface area contributed by atoms with Crippen molar-refractivity contribution >= 4 is 26.1 Å². The average Bonchev–Trinajstić information content (AvgIpc) is 2.12. The van der Waals surface area contributed by atoms with E-state index in [1.807, 2.05) is 30.3 Å². The first-order chi connectivity index (χ1) is 8.47. The van der Waals surface area contributed by atoms with E-state index in [2.05, 4.69) is 10.0 Å². The van der Waals surface area contributed by atoms with Crippen molar-refractivity contribution in [2.45, 2.75) is 13.1 Å². The van der Waals surface area contributed by atoms with E-state index >= 15 is 0 Å². The van der Waals surface area contributed by atoms with Crippen LogP contribution >= 0.6 is 0 Å². The third-order valence-electron chi connectivity index (χ3n) is 1.55. The van der Waals surface area contributed by atoms with Gasteiger partial charge in [-0.25, -0.2) is 8.42 Å². The number of sulfonamides is 1. The van der Waals surface area contributed by atoms with E-state index in [9.17, 15) is 8.42 Å². The highest BCUT2D eigenvalue weighted by Gasteiger charge is 2.06. The van der Waals surface area contributed by atoms with E-state index in [0.717, 1.165) is 11.9 Å². The standard InChI is InChI=1S/C9H14N2O2S.H2O4S.H2O/c1-8(11-14(2,12)13)10-9-6-4-3-5-7-9;1-5(2,3)4;/h3-8,10-11H,1-2H3;(H2,1,2,3,4);1H2. The van der Waals surface area contributed by atoms with Crippen molar-refractivity contribution in [2.75, 3.05) is 11.6 Å². The van der Waals surface area contributed by atoms with Crippen LogP contribution in [0.2, 0.25) is 0 Å². The molecular weight excluding hydrogens is 312 g/mol. The average molecular weight is 330 g/mol. The summed E-state index contributed by atoms with van der Waals surface area (Å²) in [7, 11) is -7.82. The Morgan fingerprint density at radius 3 is 1.80 bits per heavy atom. The Balaban J connectivity index is 0. The lowest BCUT2D eigenvalue weighted by Gasteiger charge is -2.15. The van der Waals surface area contributed by atoms with Crippen molar-refractivity contribution < 1.29 is 31.4 Å². The van der Waals surface area contributed by atoms with Gasteiger partial charge in [-0.3, -0.25) is 9.11 Å². The first-order valence-corrected chi connectivity index (χ1v) is 8.25. The topological polar surface area (TPSA) is 164 Å². The van der Waals surface area contributed by atoms with Crippen molar-refractivity contribution in [3.05, 3.63) is 30.3 Å². The van der Waals surface area contributed by atoms with Crippen LogP contribution in [-0.4, -0.2) is 43.8 Å². The van der Waals surface area contributed by atoms with Crippen molar-refractivity contribution in [2.24, 2.45) is 0 Å². The van der Waals surface area contributed by atoms with E-state index < -0.39 is 20.4 Å². The molecule has 1 aromatic rings. The van der Waals surface area contributed by atoms with Crippen molar-refractivity contribution in [1.82, 2.24) is 4.72 Å². The van der Waals surface area contributed by atoms with Crippen molar-refractivity contribution in [3.63, 3.8) is 0 Å². The molecule has 0 spiro atoms. The number of para-hydroxylation sites is 1. The summed E-state index contributed by atoms with van der Waals surface area (Å²) >= 11 is 0. The third kappa shape index (κ3) is 16.8. The highest BCUT2D eigenvalue weighted by molar-refractivity contribution is 7.88. The Labute approximate surface area is 118 Å². The number of benzene rings is 1. The van der Waals surface area contributed by atoms with E-state index in [-0.39, 0.29) is 11.6 Å². The Bertz CT molecular complexity index is 564. The van der Waals surface area contributed by atoms with Crippen LogP contribution in [0, 0.1) is 0 Å². The van der Waals surface area contributed by atoms with Crippen molar-refractivity contribution in [3.8, 4) is 0 Å². The Morgan fingerprint density at radius 1 is 1.05 bits per heavy atom. The van der Waals surface area contributed by atoms with E-state index in [1.165, 1.54) is 0 Å². The highest BCUT2D eigenvalue weighted by atomic mass is 32.3. The third-order valence-corrected chi connectivity index (χ3v) is 2.33. The van der Waals surface area contributed by atoms with Gasteiger partial charge in [0, 0.05) is 5.69 Å². The predicted octanol–water partition coefficient (Wildman–Crippen LogP) is -0.484. The van der Waals surface area contributed by atoms with Crippen LogP contribution in [-0.2, 0) is 20.4 Å². The lowest BCUT2D eigenvalue weighted by Crippen LogP contribution is -2.37. The summed E-state index contributed by atoms with van der Waals surface area (Å²) in [6, 6.07) is 9.42. The van der Waals surface area contributed by atoms with E-state index in [4.69, 9.17) is 17.5 Å². The fourth-order valence-corrected chi connectivity index (χ4v) is 1.84. The fraction of sp³-hybridized carbons (Fsp3) is 0.333. The predicted molar refractivity (Wildman–Crippen MR) is 75.3 cm³/mol. The van der Waals surface area contributed by atoms with E-state index in [0.29, 0.717) is 0 Å². The van der Waals surface area contributed by atoms with Gasteiger partial charge in [0.1, 0.15) is 0 Å². The van der Waals surface area contributed by atoms with Gasteiger partial charge in [0.15, 0.2) is 0 Å². The molecular formula is C9H18N2O7S2. The number of nitrogens with one attached hydrogen (secondary N) is 2. The van der Waals surface area contributed by atoms with Gasteiger partial charge in [0.2, 0.25) is 10.0 Å². The zero-order chi connectivity index (χ0) is 15.1. The van der Waals surface area contributed by atoms with Gasteiger partial charge < -0.3 is 10.8 Å². The second-order valence-corrected chi connectivity index (χ2v) is 6.25. The zero-order valence-electron chi connectivity index (χ0n) is 10.8. The summed E-state index contributed by atoms with van der Waals surface area (Å²) in [6.07, 6.45) is 0.822. The zero-order valence-corrected chi connectivity index (χ0v) is 12.4. The molecule has 0 heterocycles. The van der Waals surface area contributed by atoms with Gasteiger partial charge in [-0.15, -0.1) is 0 Å². The second-order valence-electron chi connectivity index (χ2n) is 3.57. The van der Waals surface area contributed by atoms with E-state index in [1.54, 1.807) is 6.92 Å². The fourth-order valence-electron chi connectivity index (χ4n) is 1.13. The Hall–Kier alpha value is -1.24. The molecule has 0 aliphatic rings. The Morgan fingerprint density at radius 2 is 1.45 bits per heavy atom. The van der Waals surface area contributed by atoms with Crippen molar-refractivity contribution in [1.29, 1.82) is 0 Å². The lowest BCUT2D eigenvalue weighted by molar-refractivity contribution is 0.381. The Kier molecular flexibility index (Phi) is 9.31. The monoisotopic (exact) mass is 330 g/mol. The molecule has 0 saturated heterocycles. The number of rotatable bonds is 4. The summed E-state index contributed by atoms with van der Waals surface area (Å²) < 4.78 is 55.8. The van der Waals surface area contributed by atoms with Gasteiger partial charge in [-0.1, -0.05) is 18.2 Å². The first kappa shape index (κ1) is 21.1. The second kappa shape index (κ2) is 8.84. The molecule has 1 rings (SSSR count). The number of anilines is 1. The molecule has 0 aliphatic heterocycles. The molecule has 1 unspecified atom stereocenters. The first-order valence-electron chi connectivity index (χ1n) is 4.96. The van der Waals surface area contributed by atoms with Gasteiger partial charge in [-0.05, 0) is 19.1 Å². The van der Waals surface area contributed by atoms with Crippen LogP contribution in [0.25, 0.3) is 0 Å². The number of hydrogen-bond donors (Lipinski definition) is 4. The maximum Gasteiger partial charge on any atom is 0.394 e. The summed E-state index contributed by atoms with van der Waals surface area (Å²) in [5, 5.41) is 3.01. The minimum atomic E-state index is -4.67. The SMILES string of the molecule is CC(Nc1ccccc1)NS(C)(=O)=O.O.O=S(=O)(O)O. The molecule has 0 saturated carbocycles. The maximum absolute atomic E-state index is 10.9. The molecule has 0 fully saturated rings. The highest BCUT2D eigenvalue weighted by Crippen LogP contribution is 2.05. The lowest BCUT2D eigenvalue weighted by atomic mass is 10.3. The maximum atomic E-state index is 10.9. The summed E-state index contributed by atoms with van der Waals surface area (Å²) in [5.41, 5.74) is 0.885. The molecule has 0 radical (unpaired) electrons. The molecule has 0 bridgehead atoms. The summed E-state index contributed by atoms with van der Waals surface area (Å²) in [4.78, 5) is 0. The van der Waals surface area contributed by atoms with Gasteiger partial charge in [0.05, 0.1) is 12.4 Å². The summed E-state index contributed by atoms with van der Waals surface area (Å²) in [6.45, 7) is 1.74. The molecule has 118 valence electrons. The quantitative estimate of drug-likeness (QED) is 0.427. The largest absolute Gasteiger partial charge is 0.412 e. The minimum Gasteiger partial charge on any atom is -0.412 e. The smallest absolute Gasteiger partial charge is 0.394 e.